The topological polar surface area (TPSA) is 83.1 Å². The number of allylic oxidation sites excluding steroid dienone is 2. The van der Waals surface area contributed by atoms with Crippen molar-refractivity contribution in [3.8, 4) is 0 Å². The number of hydrogen-bond donors (Lipinski definition) is 1. The molecule has 0 aromatic heterocycles. The van der Waals surface area contributed by atoms with E-state index in [1.54, 1.807) is 6.08 Å². The third-order valence-corrected chi connectivity index (χ3v) is 8.34. The van der Waals surface area contributed by atoms with Crippen molar-refractivity contribution in [1.82, 2.24) is 5.32 Å². The van der Waals surface area contributed by atoms with Crippen molar-refractivity contribution in [1.29, 1.82) is 0 Å². The van der Waals surface area contributed by atoms with Gasteiger partial charge in [0.15, 0.2) is 0 Å². The van der Waals surface area contributed by atoms with Gasteiger partial charge >= 0.3 is 14.8 Å². The highest BCUT2D eigenvalue weighted by atomic mass is 28.4. The number of hydrogen-bond acceptors (Lipinski definition) is 6. The van der Waals surface area contributed by atoms with Crippen LogP contribution in [-0.4, -0.2) is 47.1 Å². The average molecular weight is 492 g/mol. The predicted octanol–water partition coefficient (Wildman–Crippen LogP) is 4.91. The predicted molar refractivity (Wildman–Crippen MR) is 136 cm³/mol. The van der Waals surface area contributed by atoms with Crippen LogP contribution >= 0.6 is 0 Å². The summed E-state index contributed by atoms with van der Waals surface area (Å²) in [5.41, 5.74) is 0.168. The fourth-order valence-electron chi connectivity index (χ4n) is 3.39. The first-order valence-electron chi connectivity index (χ1n) is 11.9. The lowest BCUT2D eigenvalue weighted by Gasteiger charge is -2.30. The molecule has 190 valence electrons. The van der Waals surface area contributed by atoms with Crippen LogP contribution in [-0.2, 0) is 27.6 Å². The lowest BCUT2D eigenvalue weighted by Crippen LogP contribution is -2.48. The van der Waals surface area contributed by atoms with E-state index in [9.17, 15) is 9.59 Å². The summed E-state index contributed by atoms with van der Waals surface area (Å²) in [7, 11) is -3.08. The molecule has 0 aliphatic heterocycles. The average Bonchev–Trinajstić information content (AvgIpc) is 2.80. The van der Waals surface area contributed by atoms with Crippen molar-refractivity contribution >= 4 is 20.7 Å². The van der Waals surface area contributed by atoms with Crippen LogP contribution in [0.15, 0.2) is 54.8 Å². The van der Waals surface area contributed by atoms with Gasteiger partial charge in [0.1, 0.15) is 6.61 Å². The van der Waals surface area contributed by atoms with E-state index in [1.165, 1.54) is 0 Å². The summed E-state index contributed by atoms with van der Waals surface area (Å²) in [6.07, 6.45) is 2.74. The van der Waals surface area contributed by atoms with E-state index < -0.39 is 20.3 Å². The number of nitrogens with one attached hydrogen (secondary N) is 1. The Balaban J connectivity index is 2.86. The molecule has 1 amide bonds. The number of rotatable bonds is 17. The van der Waals surface area contributed by atoms with Crippen molar-refractivity contribution in [2.45, 2.75) is 59.9 Å². The fourth-order valence-corrected chi connectivity index (χ4v) is 5.82. The van der Waals surface area contributed by atoms with Crippen molar-refractivity contribution in [2.24, 2.45) is 5.41 Å². The molecule has 0 saturated heterocycles. The smallest absolute Gasteiger partial charge is 0.463 e. The van der Waals surface area contributed by atoms with Crippen LogP contribution in [0.5, 0.6) is 0 Å². The van der Waals surface area contributed by atoms with Crippen LogP contribution in [0.2, 0.25) is 0 Å². The molecule has 0 bridgehead atoms. The minimum absolute atomic E-state index is 0.0334. The van der Waals surface area contributed by atoms with Crippen molar-refractivity contribution in [3.05, 3.63) is 60.3 Å². The molecule has 0 saturated carbocycles. The molecule has 0 radical (unpaired) electrons. The Morgan fingerprint density at radius 3 is 2.09 bits per heavy atom. The van der Waals surface area contributed by atoms with Crippen molar-refractivity contribution in [2.75, 3.05) is 26.4 Å². The standard InChI is InChI=1S/C26H41NO6Si/c1-8-19-26(6,7)25(29)30-20-23(22-15-13-12-14-16-22)27-24(28)18-17-21(5)34(31-9-2,32-10-3)33-11-4/h8,12-16,23H,1,5,9-11,17-20H2,2-4,6-7H3,(H,27,28)/t23-/m1/s1. The monoisotopic (exact) mass is 491 g/mol. The first kappa shape index (κ1) is 29.8. The number of amides is 1. The zero-order valence-electron chi connectivity index (χ0n) is 21.4. The molecular formula is C26H41NO6Si. The van der Waals surface area contributed by atoms with Gasteiger partial charge in [0, 0.05) is 26.2 Å². The van der Waals surface area contributed by atoms with Gasteiger partial charge in [-0.3, -0.25) is 9.59 Å². The first-order chi connectivity index (χ1) is 16.2. The van der Waals surface area contributed by atoms with Crippen LogP contribution in [0.3, 0.4) is 0 Å². The molecule has 8 heteroatoms. The van der Waals surface area contributed by atoms with Gasteiger partial charge in [0.2, 0.25) is 5.91 Å². The number of carbonyl (C=O) groups excluding carboxylic acids is 2. The Hall–Kier alpha value is -2.26. The van der Waals surface area contributed by atoms with Crippen LogP contribution in [0.1, 0.15) is 65.5 Å². The van der Waals surface area contributed by atoms with Gasteiger partial charge in [-0.15, -0.1) is 6.58 Å². The maximum absolute atomic E-state index is 12.9. The molecule has 1 rings (SSSR count). The lowest BCUT2D eigenvalue weighted by atomic mass is 9.90. The Labute approximate surface area is 205 Å². The van der Waals surface area contributed by atoms with Gasteiger partial charge in [-0.2, -0.15) is 0 Å². The second-order valence-corrected chi connectivity index (χ2v) is 11.2. The highest BCUT2D eigenvalue weighted by Gasteiger charge is 2.44. The second-order valence-electron chi connectivity index (χ2n) is 8.46. The van der Waals surface area contributed by atoms with E-state index in [0.717, 1.165) is 5.56 Å². The number of ether oxygens (including phenoxy) is 1. The summed E-state index contributed by atoms with van der Waals surface area (Å²) in [4.78, 5) is 25.4. The van der Waals surface area contributed by atoms with Crippen LogP contribution in [0.4, 0.5) is 0 Å². The summed E-state index contributed by atoms with van der Waals surface area (Å²) in [6, 6.07) is 8.97. The highest BCUT2D eigenvalue weighted by molar-refractivity contribution is 6.68. The maximum Gasteiger partial charge on any atom is 0.532 e. The van der Waals surface area contributed by atoms with Crippen LogP contribution in [0.25, 0.3) is 0 Å². The number of esters is 1. The third-order valence-electron chi connectivity index (χ3n) is 5.22. The third kappa shape index (κ3) is 9.17. The number of benzene rings is 1. The van der Waals surface area contributed by atoms with Gasteiger partial charge < -0.3 is 23.3 Å². The quantitative estimate of drug-likeness (QED) is 0.189. The van der Waals surface area contributed by atoms with E-state index in [1.807, 2.05) is 65.0 Å². The zero-order chi connectivity index (χ0) is 25.6. The molecule has 34 heavy (non-hydrogen) atoms. The Kier molecular flexibility index (Phi) is 13.0. The molecular weight excluding hydrogens is 450 g/mol. The van der Waals surface area contributed by atoms with Gasteiger partial charge in [-0.1, -0.05) is 43.0 Å². The first-order valence-corrected chi connectivity index (χ1v) is 13.6. The lowest BCUT2D eigenvalue weighted by molar-refractivity contribution is -0.155. The summed E-state index contributed by atoms with van der Waals surface area (Å²) in [5, 5.41) is 3.66. The van der Waals surface area contributed by atoms with E-state index in [-0.39, 0.29) is 24.9 Å². The van der Waals surface area contributed by atoms with E-state index in [4.69, 9.17) is 18.0 Å². The molecule has 0 unspecified atom stereocenters. The Bertz CT molecular complexity index is 779. The molecule has 0 aliphatic carbocycles. The maximum atomic E-state index is 12.9. The summed E-state index contributed by atoms with van der Waals surface area (Å²) < 4.78 is 23.2. The molecule has 0 heterocycles. The van der Waals surface area contributed by atoms with E-state index in [2.05, 4.69) is 18.5 Å². The highest BCUT2D eigenvalue weighted by Crippen LogP contribution is 2.25. The Morgan fingerprint density at radius 1 is 1.03 bits per heavy atom. The van der Waals surface area contributed by atoms with E-state index in [0.29, 0.717) is 37.9 Å². The normalized spacial score (nSPS) is 12.6. The van der Waals surface area contributed by atoms with Gasteiger partial charge in [0.05, 0.1) is 11.5 Å². The molecule has 7 nitrogen and oxygen atoms in total. The minimum Gasteiger partial charge on any atom is -0.463 e. The Morgan fingerprint density at radius 2 is 1.59 bits per heavy atom. The molecule has 0 fully saturated rings. The largest absolute Gasteiger partial charge is 0.532 e. The fraction of sp³-hybridized carbons (Fsp3) is 0.538. The van der Waals surface area contributed by atoms with Crippen LogP contribution in [0, 0.1) is 5.41 Å². The van der Waals surface area contributed by atoms with Gasteiger partial charge in [-0.05, 0) is 58.2 Å². The summed E-state index contributed by atoms with van der Waals surface area (Å²) in [6.45, 7) is 18.4. The van der Waals surface area contributed by atoms with Gasteiger partial charge in [0.25, 0.3) is 0 Å². The molecule has 0 aliphatic rings. The molecule has 1 aromatic rings. The summed E-state index contributed by atoms with van der Waals surface area (Å²) >= 11 is 0. The summed E-state index contributed by atoms with van der Waals surface area (Å²) in [5.74, 6) is -0.527. The second kappa shape index (κ2) is 14.9. The van der Waals surface area contributed by atoms with Crippen molar-refractivity contribution < 1.29 is 27.6 Å². The van der Waals surface area contributed by atoms with E-state index >= 15 is 0 Å². The molecule has 0 spiro atoms. The molecule has 1 N–H and O–H groups in total. The van der Waals surface area contributed by atoms with Crippen LogP contribution < -0.4 is 5.32 Å². The van der Waals surface area contributed by atoms with Crippen molar-refractivity contribution in [3.63, 3.8) is 0 Å². The SMILES string of the molecule is C=CCC(C)(C)C(=O)OC[C@@H](NC(=O)CCC(=C)[Si](OCC)(OCC)OCC)c1ccccc1. The van der Waals surface area contributed by atoms with Gasteiger partial charge in [-0.25, -0.2) is 0 Å². The molecule has 1 aromatic carbocycles. The zero-order valence-corrected chi connectivity index (χ0v) is 22.4. The minimum atomic E-state index is -3.08. The molecule has 1 atom stereocenters. The number of carbonyl (C=O) groups is 2.